The molecule has 0 aromatic carbocycles. The topological polar surface area (TPSA) is 18.5 Å². The Labute approximate surface area is 168 Å². The molecule has 0 bridgehead atoms. The van der Waals surface area contributed by atoms with Crippen LogP contribution in [0.4, 0.5) is 74.6 Å². The normalized spacial score (nSPS) is 16.1. The zero-order valence-corrected chi connectivity index (χ0v) is 16.2. The second-order valence-electron chi connectivity index (χ2n) is 5.93. The Morgan fingerprint density at radius 2 is 0.750 bits per heavy atom. The Morgan fingerprint density at radius 1 is 0.469 bits per heavy atom. The van der Waals surface area contributed by atoms with Crippen molar-refractivity contribution in [2.45, 2.75) is 60.1 Å². The van der Waals surface area contributed by atoms with Crippen molar-refractivity contribution in [2.75, 3.05) is 14.2 Å². The average molecular weight is 537 g/mol. The van der Waals surface area contributed by atoms with Crippen molar-refractivity contribution in [3.05, 3.63) is 0 Å². The molecule has 1 radical (unpaired) electrons. The minimum absolute atomic E-state index is 0.736. The average Bonchev–Trinajstić information content (AvgIpc) is 2.60. The predicted octanol–water partition coefficient (Wildman–Crippen LogP) is 6.17. The van der Waals surface area contributed by atoms with E-state index in [1.165, 1.54) is 0 Å². The van der Waals surface area contributed by atoms with Crippen LogP contribution in [0.5, 0.6) is 0 Å². The molecule has 0 fully saturated rings. The van der Waals surface area contributed by atoms with Gasteiger partial charge in [-0.05, 0) is 6.04 Å². The molecular formula is C12H10F17O2Si. The monoisotopic (exact) mass is 537 g/mol. The largest absolute Gasteiger partial charge is 0.460 e. The minimum atomic E-state index is -8.62. The van der Waals surface area contributed by atoms with Crippen LogP contribution in [0.2, 0.25) is 6.04 Å². The van der Waals surface area contributed by atoms with Crippen molar-refractivity contribution in [1.82, 2.24) is 0 Å². The molecule has 0 aromatic rings. The van der Waals surface area contributed by atoms with E-state index in [9.17, 15) is 74.6 Å². The van der Waals surface area contributed by atoms with Crippen LogP contribution in [-0.2, 0) is 8.85 Å². The lowest BCUT2D eigenvalue weighted by molar-refractivity contribution is -0.461. The molecule has 0 N–H and O–H groups in total. The lowest BCUT2D eigenvalue weighted by Gasteiger charge is -2.42. The fraction of sp³-hybridized carbons (Fsp3) is 1.00. The van der Waals surface area contributed by atoms with Crippen molar-refractivity contribution in [3.63, 3.8) is 0 Å². The van der Waals surface area contributed by atoms with E-state index in [-0.39, 0.29) is 0 Å². The SMILES string of the molecule is CO[Si](CCC(F)(F)C(F)(F)C(F)(F)C(F)(F)C(F)(F)C(F)(F)C(F)(F)C(F)(F)F)OC. The summed E-state index contributed by atoms with van der Waals surface area (Å²) in [4.78, 5) is 0. The number of hydrogen-bond acceptors (Lipinski definition) is 2. The highest BCUT2D eigenvalue weighted by molar-refractivity contribution is 6.44. The molecular weight excluding hydrogens is 527 g/mol. The third kappa shape index (κ3) is 4.37. The summed E-state index contributed by atoms with van der Waals surface area (Å²) < 4.78 is 230. The van der Waals surface area contributed by atoms with Gasteiger partial charge in [0.05, 0.1) is 0 Å². The number of hydrogen-bond donors (Lipinski definition) is 0. The summed E-state index contributed by atoms with van der Waals surface area (Å²) in [5.41, 5.74) is 0. The number of rotatable bonds is 11. The highest BCUT2D eigenvalue weighted by Gasteiger charge is 2.95. The molecule has 0 unspecified atom stereocenters. The van der Waals surface area contributed by atoms with E-state index >= 15 is 0 Å². The van der Waals surface area contributed by atoms with Gasteiger partial charge in [0, 0.05) is 20.6 Å². The summed E-state index contributed by atoms with van der Waals surface area (Å²) in [5, 5.41) is 0. The standard InChI is InChI=1S/C12H10F17O2Si/c1-30-32(31-2)4-3-5(13,14)6(15,16)7(17,18)8(19,20)9(21,22)10(23,24)11(25,26)12(27,28)29/h3-4H2,1-2H3. The quantitative estimate of drug-likeness (QED) is 0.232. The number of halogens is 17. The van der Waals surface area contributed by atoms with E-state index in [0.29, 0.717) is 0 Å². The van der Waals surface area contributed by atoms with Gasteiger partial charge < -0.3 is 8.85 Å². The van der Waals surface area contributed by atoms with Crippen LogP contribution in [0, 0.1) is 0 Å². The van der Waals surface area contributed by atoms with E-state index in [0.717, 1.165) is 14.2 Å². The molecule has 0 saturated carbocycles. The Hall–Kier alpha value is -1.05. The van der Waals surface area contributed by atoms with Crippen LogP contribution >= 0.6 is 0 Å². The maximum Gasteiger partial charge on any atom is 0.460 e. The van der Waals surface area contributed by atoms with Crippen molar-refractivity contribution < 1.29 is 83.5 Å². The molecule has 0 spiro atoms. The van der Waals surface area contributed by atoms with Gasteiger partial charge in [0.15, 0.2) is 0 Å². The van der Waals surface area contributed by atoms with Crippen molar-refractivity contribution in [2.24, 2.45) is 0 Å². The Kier molecular flexibility index (Phi) is 8.34. The van der Waals surface area contributed by atoms with Crippen LogP contribution in [0.25, 0.3) is 0 Å². The molecule has 0 rings (SSSR count). The van der Waals surface area contributed by atoms with E-state index in [4.69, 9.17) is 0 Å². The van der Waals surface area contributed by atoms with Crippen molar-refractivity contribution in [1.29, 1.82) is 0 Å². The van der Waals surface area contributed by atoms with Gasteiger partial charge in [-0.3, -0.25) is 0 Å². The molecule has 32 heavy (non-hydrogen) atoms. The first kappa shape index (κ1) is 30.9. The summed E-state index contributed by atoms with van der Waals surface area (Å²) in [6.07, 6.45) is -10.3. The molecule has 193 valence electrons. The Bertz CT molecular complexity index is 640. The van der Waals surface area contributed by atoms with E-state index in [1.807, 2.05) is 0 Å². The van der Waals surface area contributed by atoms with E-state index in [1.54, 1.807) is 0 Å². The summed E-state index contributed by atoms with van der Waals surface area (Å²) in [6.45, 7) is 0. The Balaban J connectivity index is 6.47. The lowest BCUT2D eigenvalue weighted by Crippen LogP contribution is -2.74. The highest BCUT2D eigenvalue weighted by atomic mass is 28.3. The fourth-order valence-electron chi connectivity index (χ4n) is 1.90. The lowest BCUT2D eigenvalue weighted by atomic mass is 9.88. The van der Waals surface area contributed by atoms with Crippen LogP contribution < -0.4 is 0 Å². The summed E-state index contributed by atoms with van der Waals surface area (Å²) in [5.74, 6) is -56.2. The first-order chi connectivity index (χ1) is 13.7. The highest BCUT2D eigenvalue weighted by Crippen LogP contribution is 2.64. The van der Waals surface area contributed by atoms with Crippen LogP contribution in [0.1, 0.15) is 6.42 Å². The zero-order valence-electron chi connectivity index (χ0n) is 15.2. The maximum atomic E-state index is 13.5. The van der Waals surface area contributed by atoms with Gasteiger partial charge in [-0.2, -0.15) is 74.6 Å². The first-order valence-corrected chi connectivity index (χ1v) is 8.92. The molecule has 2 nitrogen and oxygen atoms in total. The molecule has 20 heteroatoms. The molecule has 0 aliphatic heterocycles. The summed E-state index contributed by atoms with van der Waals surface area (Å²) in [6, 6.07) is -1.40. The minimum Gasteiger partial charge on any atom is -0.397 e. The molecule has 0 amide bonds. The second kappa shape index (κ2) is 8.62. The first-order valence-electron chi connectivity index (χ1n) is 7.39. The van der Waals surface area contributed by atoms with Gasteiger partial charge in [0.2, 0.25) is 0 Å². The fourth-order valence-corrected chi connectivity index (χ4v) is 2.99. The van der Waals surface area contributed by atoms with Gasteiger partial charge in [-0.15, -0.1) is 0 Å². The van der Waals surface area contributed by atoms with Gasteiger partial charge in [-0.25, -0.2) is 0 Å². The van der Waals surface area contributed by atoms with Gasteiger partial charge in [0.1, 0.15) is 0 Å². The summed E-state index contributed by atoms with van der Waals surface area (Å²) in [7, 11) is -1.45. The molecule has 0 heterocycles. The van der Waals surface area contributed by atoms with Gasteiger partial charge >= 0.3 is 56.9 Å². The van der Waals surface area contributed by atoms with Crippen LogP contribution in [0.15, 0.2) is 0 Å². The second-order valence-corrected chi connectivity index (χ2v) is 7.99. The van der Waals surface area contributed by atoms with E-state index in [2.05, 4.69) is 8.85 Å². The maximum absolute atomic E-state index is 13.5. The predicted molar refractivity (Wildman–Crippen MR) is 69.9 cm³/mol. The smallest absolute Gasteiger partial charge is 0.397 e. The van der Waals surface area contributed by atoms with E-state index < -0.39 is 69.4 Å². The Morgan fingerprint density at radius 3 is 1.03 bits per heavy atom. The van der Waals surface area contributed by atoms with Gasteiger partial charge in [-0.1, -0.05) is 0 Å². The van der Waals surface area contributed by atoms with Gasteiger partial charge in [0.25, 0.3) is 0 Å². The molecule has 0 saturated heterocycles. The number of alkyl halides is 17. The summed E-state index contributed by atoms with van der Waals surface area (Å²) >= 11 is 0. The molecule has 0 aromatic heterocycles. The molecule has 0 aliphatic rings. The third-order valence-corrected chi connectivity index (χ3v) is 5.45. The molecule has 0 atom stereocenters. The molecule has 0 aliphatic carbocycles. The van der Waals surface area contributed by atoms with Crippen molar-refractivity contribution >= 4 is 9.28 Å². The zero-order chi connectivity index (χ0) is 26.4. The van der Waals surface area contributed by atoms with Crippen LogP contribution in [0.3, 0.4) is 0 Å². The third-order valence-electron chi connectivity index (χ3n) is 3.89. The van der Waals surface area contributed by atoms with Crippen LogP contribution in [-0.4, -0.2) is 71.1 Å². The van der Waals surface area contributed by atoms with Crippen molar-refractivity contribution in [3.8, 4) is 0 Å².